The van der Waals surface area contributed by atoms with Crippen molar-refractivity contribution < 1.29 is 5.11 Å². The van der Waals surface area contributed by atoms with Gasteiger partial charge in [0.05, 0.1) is 0 Å². The highest BCUT2D eigenvalue weighted by atomic mass is 35.5. The second-order valence-electron chi connectivity index (χ2n) is 2.72. The van der Waals surface area contributed by atoms with E-state index in [1.54, 1.807) is 6.07 Å². The first-order valence-electron chi connectivity index (χ1n) is 4.03. The van der Waals surface area contributed by atoms with Crippen molar-refractivity contribution in [3.05, 3.63) is 41.0 Å². The minimum Gasteiger partial charge on any atom is -0.385 e. The summed E-state index contributed by atoms with van der Waals surface area (Å²) in [6, 6.07) is 5.57. The highest BCUT2D eigenvalue weighted by molar-refractivity contribution is 6.30. The highest BCUT2D eigenvalue weighted by Gasteiger charge is 2.01. The van der Waals surface area contributed by atoms with E-state index in [-0.39, 0.29) is 0 Å². The summed E-state index contributed by atoms with van der Waals surface area (Å²) in [6.07, 6.45) is 2.05. The van der Waals surface area contributed by atoms with Crippen LogP contribution in [0.25, 0.3) is 0 Å². The molecular formula is C10H12ClO. The maximum atomic E-state index is 8.89. The fourth-order valence-electron chi connectivity index (χ4n) is 1.18. The van der Waals surface area contributed by atoms with E-state index in [4.69, 9.17) is 16.7 Å². The van der Waals surface area contributed by atoms with Crippen LogP contribution in [0.5, 0.6) is 0 Å². The Bertz CT molecular complexity index is 258. The minimum atomic E-state index is 0.662. The Hall–Kier alpha value is -0.530. The normalized spacial score (nSPS) is 10.2. The number of aliphatic hydroxyl groups is 1. The lowest BCUT2D eigenvalue weighted by molar-refractivity contribution is 0.413. The molecule has 0 saturated carbocycles. The average molecular weight is 184 g/mol. The standard InChI is InChI=1S/C10H12ClO/c1-2-3-8-4-5-10(11)6-9(8)7-12/h4-7,12H,2-3H2,1H3. The number of hydrogen-bond donors (Lipinski definition) is 1. The summed E-state index contributed by atoms with van der Waals surface area (Å²) in [5.74, 6) is 0. The minimum absolute atomic E-state index is 0.662. The van der Waals surface area contributed by atoms with Crippen LogP contribution in [-0.4, -0.2) is 5.11 Å². The quantitative estimate of drug-likeness (QED) is 0.763. The first-order valence-corrected chi connectivity index (χ1v) is 4.41. The average Bonchev–Trinajstić information content (AvgIpc) is 2.08. The van der Waals surface area contributed by atoms with Crippen molar-refractivity contribution in [3.63, 3.8) is 0 Å². The van der Waals surface area contributed by atoms with Gasteiger partial charge in [0.25, 0.3) is 0 Å². The van der Waals surface area contributed by atoms with E-state index in [9.17, 15) is 0 Å². The number of benzene rings is 1. The van der Waals surface area contributed by atoms with Crippen LogP contribution in [0.3, 0.4) is 0 Å². The molecule has 0 aliphatic heterocycles. The maximum Gasteiger partial charge on any atom is 0.109 e. The van der Waals surface area contributed by atoms with Gasteiger partial charge in [-0.3, -0.25) is 0 Å². The van der Waals surface area contributed by atoms with Crippen molar-refractivity contribution in [2.24, 2.45) is 0 Å². The van der Waals surface area contributed by atoms with E-state index in [2.05, 4.69) is 6.92 Å². The summed E-state index contributed by atoms with van der Waals surface area (Å²) in [4.78, 5) is 0. The molecule has 0 bridgehead atoms. The smallest absolute Gasteiger partial charge is 0.109 e. The summed E-state index contributed by atoms with van der Waals surface area (Å²) in [5.41, 5.74) is 1.97. The van der Waals surface area contributed by atoms with Gasteiger partial charge in [-0.1, -0.05) is 31.0 Å². The zero-order valence-corrected chi connectivity index (χ0v) is 7.80. The molecule has 0 unspecified atom stereocenters. The third kappa shape index (κ3) is 2.23. The Morgan fingerprint density at radius 3 is 2.83 bits per heavy atom. The van der Waals surface area contributed by atoms with Crippen molar-refractivity contribution in [1.29, 1.82) is 0 Å². The summed E-state index contributed by atoms with van der Waals surface area (Å²) in [5, 5.41) is 9.55. The molecule has 1 radical (unpaired) electrons. The van der Waals surface area contributed by atoms with Crippen molar-refractivity contribution >= 4 is 11.6 Å². The van der Waals surface area contributed by atoms with Crippen LogP contribution in [0, 0.1) is 6.61 Å². The van der Waals surface area contributed by atoms with E-state index in [0.29, 0.717) is 5.02 Å². The Labute approximate surface area is 78.0 Å². The molecule has 1 aromatic carbocycles. The fraction of sp³-hybridized carbons (Fsp3) is 0.300. The summed E-state index contributed by atoms with van der Waals surface area (Å²) in [7, 11) is 0. The van der Waals surface area contributed by atoms with Crippen molar-refractivity contribution in [2.45, 2.75) is 19.8 Å². The SMILES string of the molecule is CCCc1ccc(Cl)cc1[CH]O. The second-order valence-corrected chi connectivity index (χ2v) is 3.16. The van der Waals surface area contributed by atoms with Gasteiger partial charge in [-0.15, -0.1) is 0 Å². The second kappa shape index (κ2) is 4.48. The molecule has 2 heteroatoms. The number of hydrogen-bond acceptors (Lipinski definition) is 1. The first kappa shape index (κ1) is 9.56. The van der Waals surface area contributed by atoms with Crippen LogP contribution in [0.4, 0.5) is 0 Å². The molecule has 0 aliphatic rings. The van der Waals surface area contributed by atoms with Gasteiger partial charge >= 0.3 is 0 Å². The fourth-order valence-corrected chi connectivity index (χ4v) is 1.36. The Morgan fingerprint density at radius 1 is 1.50 bits per heavy atom. The molecule has 1 N–H and O–H groups in total. The molecule has 0 atom stereocenters. The molecule has 0 aromatic heterocycles. The highest BCUT2D eigenvalue weighted by Crippen LogP contribution is 2.18. The van der Waals surface area contributed by atoms with Crippen molar-refractivity contribution in [1.82, 2.24) is 0 Å². The Morgan fingerprint density at radius 2 is 2.25 bits per heavy atom. The monoisotopic (exact) mass is 183 g/mol. The van der Waals surface area contributed by atoms with E-state index < -0.39 is 0 Å². The van der Waals surface area contributed by atoms with Crippen LogP contribution in [-0.2, 0) is 6.42 Å². The molecular weight excluding hydrogens is 172 g/mol. The van der Waals surface area contributed by atoms with Gasteiger partial charge in [-0.25, -0.2) is 0 Å². The zero-order valence-electron chi connectivity index (χ0n) is 7.05. The predicted molar refractivity (Wildman–Crippen MR) is 50.8 cm³/mol. The van der Waals surface area contributed by atoms with E-state index >= 15 is 0 Å². The summed E-state index contributed by atoms with van der Waals surface area (Å²) < 4.78 is 0. The Kier molecular flexibility index (Phi) is 3.57. The van der Waals surface area contributed by atoms with E-state index in [1.807, 2.05) is 12.1 Å². The van der Waals surface area contributed by atoms with Crippen LogP contribution < -0.4 is 0 Å². The van der Waals surface area contributed by atoms with Gasteiger partial charge < -0.3 is 5.11 Å². The lowest BCUT2D eigenvalue weighted by atomic mass is 10.0. The van der Waals surface area contributed by atoms with E-state index in [0.717, 1.165) is 30.6 Å². The van der Waals surface area contributed by atoms with Gasteiger partial charge in [0.1, 0.15) is 6.61 Å². The summed E-state index contributed by atoms with van der Waals surface area (Å²) >= 11 is 5.76. The molecule has 1 aromatic rings. The third-order valence-corrected chi connectivity index (χ3v) is 2.00. The topological polar surface area (TPSA) is 20.2 Å². The molecule has 65 valence electrons. The lowest BCUT2D eigenvalue weighted by Gasteiger charge is -2.05. The van der Waals surface area contributed by atoms with Gasteiger partial charge in [0.15, 0.2) is 0 Å². The molecule has 0 spiro atoms. The molecule has 0 aliphatic carbocycles. The van der Waals surface area contributed by atoms with E-state index in [1.165, 1.54) is 0 Å². The molecule has 1 rings (SSSR count). The maximum absolute atomic E-state index is 8.89. The van der Waals surface area contributed by atoms with Crippen LogP contribution in [0.1, 0.15) is 24.5 Å². The zero-order chi connectivity index (χ0) is 8.97. The summed E-state index contributed by atoms with van der Waals surface area (Å²) in [6.45, 7) is 3.21. The van der Waals surface area contributed by atoms with Gasteiger partial charge in [-0.05, 0) is 29.7 Å². The molecule has 1 nitrogen and oxygen atoms in total. The molecule has 0 amide bonds. The number of aryl methyl sites for hydroxylation is 1. The van der Waals surface area contributed by atoms with Gasteiger partial charge in [-0.2, -0.15) is 0 Å². The number of rotatable bonds is 3. The number of aliphatic hydroxyl groups excluding tert-OH is 1. The van der Waals surface area contributed by atoms with Crippen LogP contribution in [0.15, 0.2) is 18.2 Å². The molecule has 0 saturated heterocycles. The largest absolute Gasteiger partial charge is 0.385 e. The first-order chi connectivity index (χ1) is 5.77. The number of halogens is 1. The lowest BCUT2D eigenvalue weighted by Crippen LogP contribution is -1.91. The molecule has 0 fully saturated rings. The van der Waals surface area contributed by atoms with Gasteiger partial charge in [0, 0.05) is 5.02 Å². The van der Waals surface area contributed by atoms with Crippen LogP contribution in [0.2, 0.25) is 5.02 Å². The van der Waals surface area contributed by atoms with Crippen molar-refractivity contribution in [2.75, 3.05) is 0 Å². The molecule has 12 heavy (non-hydrogen) atoms. The third-order valence-electron chi connectivity index (χ3n) is 1.77. The Balaban J connectivity index is 2.94. The van der Waals surface area contributed by atoms with Crippen LogP contribution >= 0.6 is 11.6 Å². The van der Waals surface area contributed by atoms with Crippen molar-refractivity contribution in [3.8, 4) is 0 Å². The van der Waals surface area contributed by atoms with Gasteiger partial charge in [0.2, 0.25) is 0 Å². The predicted octanol–water partition coefficient (Wildman–Crippen LogP) is 3.17. The molecule has 0 heterocycles.